The van der Waals surface area contributed by atoms with Crippen LogP contribution in [0.15, 0.2) is 30.3 Å². The Hall–Kier alpha value is -1.02. The van der Waals surface area contributed by atoms with Crippen molar-refractivity contribution in [2.45, 2.75) is 82.5 Å². The molecule has 1 N–H and O–H groups in total. The molecule has 1 aliphatic carbocycles. The van der Waals surface area contributed by atoms with Gasteiger partial charge in [0, 0.05) is 0 Å². The minimum atomic E-state index is -0.853. The van der Waals surface area contributed by atoms with E-state index in [0.717, 1.165) is 5.56 Å². The summed E-state index contributed by atoms with van der Waals surface area (Å²) in [4.78, 5) is 0. The average Bonchev–Trinajstić information content (AvgIpc) is 3.04. The molecule has 6 nitrogen and oxygen atoms in total. The number of ether oxygens (including phenoxy) is 5. The Labute approximate surface area is 148 Å². The molecule has 138 valence electrons. The Morgan fingerprint density at radius 2 is 1.36 bits per heavy atom. The fraction of sp³-hybridized carbons (Fsp3) is 0.684. The monoisotopic (exact) mass is 350 g/mol. The van der Waals surface area contributed by atoms with Crippen molar-refractivity contribution in [3.8, 4) is 0 Å². The summed E-state index contributed by atoms with van der Waals surface area (Å²) in [7, 11) is 0. The number of hydrogen-bond acceptors (Lipinski definition) is 6. The van der Waals surface area contributed by atoms with Crippen LogP contribution in [0.3, 0.4) is 0 Å². The van der Waals surface area contributed by atoms with Crippen LogP contribution in [-0.4, -0.2) is 53.3 Å². The van der Waals surface area contributed by atoms with Crippen molar-refractivity contribution in [2.75, 3.05) is 0 Å². The molecular formula is C19H26O6. The molecule has 0 radical (unpaired) electrons. The minimum absolute atomic E-state index is 0.342. The molecule has 2 saturated heterocycles. The normalized spacial score (nSPS) is 41.3. The maximum atomic E-state index is 10.9. The molecule has 6 atom stereocenters. The van der Waals surface area contributed by atoms with Crippen LogP contribution in [0.1, 0.15) is 33.3 Å². The van der Waals surface area contributed by atoms with E-state index in [0.29, 0.717) is 6.61 Å². The van der Waals surface area contributed by atoms with Gasteiger partial charge in [-0.3, -0.25) is 0 Å². The zero-order chi connectivity index (χ0) is 17.8. The van der Waals surface area contributed by atoms with Gasteiger partial charge < -0.3 is 28.8 Å². The van der Waals surface area contributed by atoms with Crippen LogP contribution in [0.4, 0.5) is 0 Å². The molecular weight excluding hydrogens is 324 g/mol. The second-order valence-corrected chi connectivity index (χ2v) is 7.88. The third kappa shape index (κ3) is 3.23. The molecule has 1 aromatic carbocycles. The lowest BCUT2D eigenvalue weighted by Gasteiger charge is -2.40. The van der Waals surface area contributed by atoms with E-state index < -0.39 is 36.0 Å². The van der Waals surface area contributed by atoms with Gasteiger partial charge in [0.1, 0.15) is 36.6 Å². The van der Waals surface area contributed by atoms with Crippen molar-refractivity contribution < 1.29 is 28.8 Å². The number of rotatable bonds is 3. The van der Waals surface area contributed by atoms with Gasteiger partial charge >= 0.3 is 0 Å². The number of hydrogen-bond donors (Lipinski definition) is 1. The van der Waals surface area contributed by atoms with Crippen LogP contribution in [0.2, 0.25) is 0 Å². The van der Waals surface area contributed by atoms with Gasteiger partial charge in [0.15, 0.2) is 11.6 Å². The number of benzene rings is 1. The largest absolute Gasteiger partial charge is 0.387 e. The Morgan fingerprint density at radius 3 is 2.00 bits per heavy atom. The van der Waals surface area contributed by atoms with E-state index in [1.54, 1.807) is 0 Å². The molecule has 0 unspecified atom stereocenters. The molecule has 25 heavy (non-hydrogen) atoms. The predicted molar refractivity (Wildman–Crippen MR) is 88.7 cm³/mol. The van der Waals surface area contributed by atoms with E-state index in [9.17, 15) is 5.11 Å². The third-order valence-electron chi connectivity index (χ3n) is 4.93. The first kappa shape index (κ1) is 17.4. The van der Waals surface area contributed by atoms with E-state index in [1.807, 2.05) is 58.0 Å². The van der Waals surface area contributed by atoms with Crippen LogP contribution in [0.5, 0.6) is 0 Å². The summed E-state index contributed by atoms with van der Waals surface area (Å²) in [6.07, 6.45) is -3.04. The van der Waals surface area contributed by atoms with E-state index in [1.165, 1.54) is 0 Å². The molecule has 0 amide bonds. The van der Waals surface area contributed by atoms with Gasteiger partial charge in [-0.15, -0.1) is 0 Å². The SMILES string of the molecule is CC1(C)O[C@@H]2[C@@H](O1)[C@H](OCc1ccccc1)[C@@H](O)[C@H]1OC(C)(C)O[C@@H]21. The van der Waals surface area contributed by atoms with Crippen LogP contribution in [-0.2, 0) is 30.3 Å². The molecule has 2 heterocycles. The maximum absolute atomic E-state index is 10.9. The zero-order valence-corrected chi connectivity index (χ0v) is 15.0. The van der Waals surface area contributed by atoms with Crippen LogP contribution in [0, 0.1) is 0 Å². The van der Waals surface area contributed by atoms with E-state index in [4.69, 9.17) is 23.7 Å². The lowest BCUT2D eigenvalue weighted by Crippen LogP contribution is -2.62. The molecule has 3 aliphatic rings. The Morgan fingerprint density at radius 1 is 0.840 bits per heavy atom. The molecule has 0 bridgehead atoms. The number of aliphatic hydroxyl groups excluding tert-OH is 1. The van der Waals surface area contributed by atoms with Gasteiger partial charge in [-0.2, -0.15) is 0 Å². The maximum Gasteiger partial charge on any atom is 0.164 e. The fourth-order valence-corrected chi connectivity index (χ4v) is 4.00. The highest BCUT2D eigenvalue weighted by atomic mass is 16.8. The molecule has 2 aliphatic heterocycles. The highest BCUT2D eigenvalue weighted by molar-refractivity contribution is 5.14. The lowest BCUT2D eigenvalue weighted by atomic mass is 9.85. The standard InChI is InChI=1S/C19H26O6/c1-18(2)22-14-12(20)13(21-10-11-8-6-5-7-9-11)15-17(16(14)24-18)25-19(3,4)23-15/h5-9,12-17,20H,10H2,1-4H3/t12-,13-,14-,15+,16-,17-/m1/s1. The minimum Gasteiger partial charge on any atom is -0.387 e. The molecule has 1 aromatic rings. The quantitative estimate of drug-likeness (QED) is 0.899. The van der Waals surface area contributed by atoms with Crippen molar-refractivity contribution in [1.29, 1.82) is 0 Å². The van der Waals surface area contributed by atoms with Crippen LogP contribution < -0.4 is 0 Å². The molecule has 3 fully saturated rings. The van der Waals surface area contributed by atoms with Gasteiger partial charge in [-0.05, 0) is 33.3 Å². The predicted octanol–water partition coefficient (Wildman–Crippen LogP) is 1.99. The Kier molecular flexibility index (Phi) is 4.18. The molecule has 6 heteroatoms. The van der Waals surface area contributed by atoms with Crippen molar-refractivity contribution in [3.05, 3.63) is 35.9 Å². The average molecular weight is 350 g/mol. The summed E-state index contributed by atoms with van der Waals surface area (Å²) in [5.74, 6) is -1.53. The highest BCUT2D eigenvalue weighted by Crippen LogP contribution is 2.45. The Balaban J connectivity index is 1.57. The summed E-state index contributed by atoms with van der Waals surface area (Å²) in [5.41, 5.74) is 1.04. The second-order valence-electron chi connectivity index (χ2n) is 7.88. The molecule has 0 aromatic heterocycles. The first-order chi connectivity index (χ1) is 11.8. The third-order valence-corrected chi connectivity index (χ3v) is 4.93. The zero-order valence-electron chi connectivity index (χ0n) is 15.0. The lowest BCUT2D eigenvalue weighted by molar-refractivity contribution is -0.196. The number of fused-ring (bicyclic) bond motifs is 3. The van der Waals surface area contributed by atoms with E-state index in [-0.39, 0.29) is 12.2 Å². The Bertz CT molecular complexity index is 616. The van der Waals surface area contributed by atoms with Gasteiger partial charge in [-0.25, -0.2) is 0 Å². The summed E-state index contributed by atoms with van der Waals surface area (Å²) < 4.78 is 30.1. The summed E-state index contributed by atoms with van der Waals surface area (Å²) in [5, 5.41) is 10.9. The first-order valence-electron chi connectivity index (χ1n) is 8.81. The van der Waals surface area contributed by atoms with E-state index >= 15 is 0 Å². The summed E-state index contributed by atoms with van der Waals surface area (Å²) in [6.45, 7) is 7.79. The smallest absolute Gasteiger partial charge is 0.164 e. The van der Waals surface area contributed by atoms with Gasteiger partial charge in [-0.1, -0.05) is 30.3 Å². The van der Waals surface area contributed by atoms with Crippen molar-refractivity contribution in [1.82, 2.24) is 0 Å². The number of aliphatic hydroxyl groups is 1. The topological polar surface area (TPSA) is 66.4 Å². The molecule has 4 rings (SSSR count). The summed E-state index contributed by atoms with van der Waals surface area (Å²) in [6, 6.07) is 9.86. The van der Waals surface area contributed by atoms with Gasteiger partial charge in [0.05, 0.1) is 6.61 Å². The van der Waals surface area contributed by atoms with Gasteiger partial charge in [0.25, 0.3) is 0 Å². The van der Waals surface area contributed by atoms with Crippen LogP contribution in [0.25, 0.3) is 0 Å². The van der Waals surface area contributed by atoms with Crippen molar-refractivity contribution >= 4 is 0 Å². The summed E-state index contributed by atoms with van der Waals surface area (Å²) >= 11 is 0. The second kappa shape index (κ2) is 6.01. The molecule has 0 spiro atoms. The first-order valence-corrected chi connectivity index (χ1v) is 8.81. The van der Waals surface area contributed by atoms with Crippen molar-refractivity contribution in [3.63, 3.8) is 0 Å². The van der Waals surface area contributed by atoms with Crippen LogP contribution >= 0.6 is 0 Å². The van der Waals surface area contributed by atoms with Gasteiger partial charge in [0.2, 0.25) is 0 Å². The highest BCUT2D eigenvalue weighted by Gasteiger charge is 2.63. The molecule has 1 saturated carbocycles. The fourth-order valence-electron chi connectivity index (χ4n) is 4.00. The van der Waals surface area contributed by atoms with E-state index in [2.05, 4.69) is 0 Å². The van der Waals surface area contributed by atoms with Crippen molar-refractivity contribution in [2.24, 2.45) is 0 Å².